The number of fused-ring (bicyclic) bond motifs is 5. The summed E-state index contributed by atoms with van der Waals surface area (Å²) in [6.45, 7) is 0. The normalized spacial score (nSPS) is 11.5. The Morgan fingerprint density at radius 1 is 0.404 bits per heavy atom. The first kappa shape index (κ1) is 32.5. The standard InChI is InChI=1S/C50H31N5O2/c1-2-9-32(10-3-1)40-29-45(53-43-13-8-28-51-49(40)43)34-18-24-37(25-19-34)55(38-26-20-35(21-27-38)50-54-42-12-5-7-15-47(42)57-50)36-22-16-33(17-23-36)44-30-41-39-11-4-6-14-46(39)56-48(41)31-52-44/h1-31H. The number of benzene rings is 6. The molecule has 0 bridgehead atoms. The van der Waals surface area contributed by atoms with E-state index in [-0.39, 0.29) is 0 Å². The van der Waals surface area contributed by atoms with Crippen molar-refractivity contribution in [3.63, 3.8) is 0 Å². The number of oxazole rings is 1. The smallest absolute Gasteiger partial charge is 0.227 e. The predicted octanol–water partition coefficient (Wildman–Crippen LogP) is 13.2. The predicted molar refractivity (Wildman–Crippen MR) is 229 cm³/mol. The third-order valence-corrected chi connectivity index (χ3v) is 10.4. The molecule has 0 spiro atoms. The minimum Gasteiger partial charge on any atom is -0.454 e. The van der Waals surface area contributed by atoms with Gasteiger partial charge in [0.25, 0.3) is 0 Å². The Morgan fingerprint density at radius 3 is 1.77 bits per heavy atom. The van der Waals surface area contributed by atoms with Crippen LogP contribution >= 0.6 is 0 Å². The van der Waals surface area contributed by atoms with Crippen LogP contribution in [0.1, 0.15) is 0 Å². The number of nitrogens with zero attached hydrogens (tertiary/aromatic N) is 5. The summed E-state index contributed by atoms with van der Waals surface area (Å²) in [5, 5.41) is 2.13. The zero-order valence-corrected chi connectivity index (χ0v) is 30.5. The first-order valence-corrected chi connectivity index (χ1v) is 18.8. The van der Waals surface area contributed by atoms with E-state index in [1.807, 2.05) is 73.1 Å². The third kappa shape index (κ3) is 5.86. The molecule has 11 aromatic rings. The molecular weight excluding hydrogens is 703 g/mol. The quantitative estimate of drug-likeness (QED) is 0.161. The van der Waals surface area contributed by atoms with E-state index in [0.717, 1.165) is 100 Å². The Labute approximate surface area is 327 Å². The fourth-order valence-electron chi connectivity index (χ4n) is 7.59. The number of para-hydroxylation sites is 3. The average molecular weight is 734 g/mol. The summed E-state index contributed by atoms with van der Waals surface area (Å²) >= 11 is 0. The average Bonchev–Trinajstić information content (AvgIpc) is 3.89. The first-order chi connectivity index (χ1) is 28.2. The van der Waals surface area contributed by atoms with Crippen LogP contribution in [0.2, 0.25) is 0 Å². The fourth-order valence-corrected chi connectivity index (χ4v) is 7.59. The van der Waals surface area contributed by atoms with E-state index < -0.39 is 0 Å². The Morgan fingerprint density at radius 2 is 1.04 bits per heavy atom. The van der Waals surface area contributed by atoms with Gasteiger partial charge in [0.2, 0.25) is 5.89 Å². The van der Waals surface area contributed by atoms with Gasteiger partial charge in [-0.25, -0.2) is 9.97 Å². The molecule has 0 saturated heterocycles. The van der Waals surface area contributed by atoms with Crippen LogP contribution < -0.4 is 4.90 Å². The zero-order valence-electron chi connectivity index (χ0n) is 30.5. The Balaban J connectivity index is 0.980. The van der Waals surface area contributed by atoms with Crippen LogP contribution in [-0.4, -0.2) is 19.9 Å². The van der Waals surface area contributed by atoms with Gasteiger partial charge >= 0.3 is 0 Å². The maximum absolute atomic E-state index is 6.10. The van der Waals surface area contributed by atoms with E-state index in [4.69, 9.17) is 28.8 Å². The lowest BCUT2D eigenvalue weighted by Crippen LogP contribution is -2.09. The maximum Gasteiger partial charge on any atom is 0.227 e. The van der Waals surface area contributed by atoms with Crippen molar-refractivity contribution in [2.75, 3.05) is 4.90 Å². The van der Waals surface area contributed by atoms with Gasteiger partial charge in [-0.15, -0.1) is 0 Å². The number of hydrogen-bond acceptors (Lipinski definition) is 7. The van der Waals surface area contributed by atoms with Crippen LogP contribution in [0.4, 0.5) is 17.1 Å². The Hall–Kier alpha value is -7.90. The number of aromatic nitrogens is 4. The third-order valence-electron chi connectivity index (χ3n) is 10.4. The van der Waals surface area contributed by atoms with Crippen LogP contribution in [0.3, 0.4) is 0 Å². The van der Waals surface area contributed by atoms with Crippen molar-refractivity contribution in [1.29, 1.82) is 0 Å². The van der Waals surface area contributed by atoms with Gasteiger partial charge in [0.05, 0.1) is 28.6 Å². The van der Waals surface area contributed by atoms with Crippen molar-refractivity contribution >= 4 is 61.1 Å². The van der Waals surface area contributed by atoms with Crippen LogP contribution in [0.15, 0.2) is 197 Å². The molecule has 7 heteroatoms. The van der Waals surface area contributed by atoms with E-state index in [1.165, 1.54) is 0 Å². The van der Waals surface area contributed by atoms with Gasteiger partial charge < -0.3 is 13.7 Å². The minimum atomic E-state index is 0.589. The Kier molecular flexibility index (Phi) is 7.67. The molecule has 0 aliphatic heterocycles. The molecule has 0 fully saturated rings. The zero-order chi connectivity index (χ0) is 37.7. The molecule has 0 saturated carbocycles. The monoisotopic (exact) mass is 733 g/mol. The first-order valence-electron chi connectivity index (χ1n) is 18.8. The summed E-state index contributed by atoms with van der Waals surface area (Å²) in [5.74, 6) is 0.589. The maximum atomic E-state index is 6.10. The molecule has 0 atom stereocenters. The van der Waals surface area contributed by atoms with Crippen molar-refractivity contribution in [2.24, 2.45) is 0 Å². The molecule has 6 aromatic carbocycles. The van der Waals surface area contributed by atoms with Crippen LogP contribution in [-0.2, 0) is 0 Å². The second-order valence-electron chi connectivity index (χ2n) is 13.9. The molecule has 5 aromatic heterocycles. The van der Waals surface area contributed by atoms with Crippen molar-refractivity contribution < 1.29 is 8.83 Å². The van der Waals surface area contributed by atoms with E-state index in [2.05, 4.69) is 120 Å². The van der Waals surface area contributed by atoms with Gasteiger partial charge in [-0.1, -0.05) is 84.9 Å². The summed E-state index contributed by atoms with van der Waals surface area (Å²) in [6.07, 6.45) is 3.64. The van der Waals surface area contributed by atoms with Crippen molar-refractivity contribution in [3.8, 4) is 45.1 Å². The van der Waals surface area contributed by atoms with E-state index in [1.54, 1.807) is 0 Å². The van der Waals surface area contributed by atoms with Crippen molar-refractivity contribution in [1.82, 2.24) is 19.9 Å². The van der Waals surface area contributed by atoms with Gasteiger partial charge in [-0.2, -0.15) is 0 Å². The highest BCUT2D eigenvalue weighted by Crippen LogP contribution is 2.39. The molecule has 0 radical (unpaired) electrons. The van der Waals surface area contributed by atoms with Gasteiger partial charge in [-0.3, -0.25) is 9.97 Å². The highest BCUT2D eigenvalue weighted by molar-refractivity contribution is 6.05. The summed E-state index contributed by atoms with van der Waals surface area (Å²) in [6, 6.07) is 59.9. The van der Waals surface area contributed by atoms with Crippen LogP contribution in [0.25, 0.3) is 89.2 Å². The number of hydrogen-bond donors (Lipinski definition) is 0. The molecule has 0 N–H and O–H groups in total. The molecule has 0 aliphatic rings. The SMILES string of the molecule is c1ccc(-c2cc(-c3ccc(N(c4ccc(-c5cc6c(cn5)oc5ccccc56)cc4)c4ccc(-c5nc6ccccc6o5)cc4)cc3)nc3cccnc23)cc1. The van der Waals surface area contributed by atoms with Crippen LogP contribution in [0.5, 0.6) is 0 Å². The molecule has 0 unspecified atom stereocenters. The lowest BCUT2D eigenvalue weighted by atomic mass is 10.0. The summed E-state index contributed by atoms with van der Waals surface area (Å²) in [4.78, 5) is 21.5. The Bertz CT molecular complexity index is 3190. The highest BCUT2D eigenvalue weighted by Gasteiger charge is 2.17. The second kappa shape index (κ2) is 13.4. The second-order valence-corrected chi connectivity index (χ2v) is 13.9. The number of anilines is 3. The summed E-state index contributed by atoms with van der Waals surface area (Å²) in [7, 11) is 0. The van der Waals surface area contributed by atoms with E-state index in [0.29, 0.717) is 5.89 Å². The van der Waals surface area contributed by atoms with E-state index in [9.17, 15) is 0 Å². The highest BCUT2D eigenvalue weighted by atomic mass is 16.3. The summed E-state index contributed by atoms with van der Waals surface area (Å²) < 4.78 is 12.1. The topological polar surface area (TPSA) is 81.1 Å². The largest absolute Gasteiger partial charge is 0.454 e. The molecular formula is C50H31N5O2. The summed E-state index contributed by atoms with van der Waals surface area (Å²) in [5.41, 5.74) is 14.8. The van der Waals surface area contributed by atoms with E-state index >= 15 is 0 Å². The lowest BCUT2D eigenvalue weighted by molar-refractivity contribution is 0.620. The molecule has 57 heavy (non-hydrogen) atoms. The van der Waals surface area contributed by atoms with Gasteiger partial charge in [0.15, 0.2) is 11.2 Å². The van der Waals surface area contributed by atoms with Gasteiger partial charge in [-0.05, 0) is 96.6 Å². The number of rotatable bonds is 7. The minimum absolute atomic E-state index is 0.589. The molecule has 268 valence electrons. The van der Waals surface area contributed by atoms with Gasteiger partial charge in [0, 0.05) is 56.3 Å². The molecule has 0 aliphatic carbocycles. The van der Waals surface area contributed by atoms with Crippen molar-refractivity contribution in [3.05, 3.63) is 188 Å². The number of pyridine rings is 3. The molecule has 11 rings (SSSR count). The van der Waals surface area contributed by atoms with Crippen molar-refractivity contribution in [2.45, 2.75) is 0 Å². The molecule has 0 amide bonds. The lowest BCUT2D eigenvalue weighted by Gasteiger charge is -2.26. The number of furan rings is 1. The molecule has 5 heterocycles. The fraction of sp³-hybridized carbons (Fsp3) is 0. The van der Waals surface area contributed by atoms with Gasteiger partial charge in [0.1, 0.15) is 11.1 Å². The van der Waals surface area contributed by atoms with Crippen LogP contribution in [0, 0.1) is 0 Å². The molecule has 7 nitrogen and oxygen atoms in total.